The minimum absolute atomic E-state index is 0.0180. The number of benzene rings is 2. The maximum Gasteiger partial charge on any atom is 0.229 e. The van der Waals surface area contributed by atoms with Gasteiger partial charge in [0.1, 0.15) is 17.7 Å². The minimum Gasteiger partial charge on any atom is -0.489 e. The highest BCUT2D eigenvalue weighted by molar-refractivity contribution is 7.99. The Morgan fingerprint density at radius 1 is 1.04 bits per heavy atom. The van der Waals surface area contributed by atoms with Crippen molar-refractivity contribution in [2.45, 2.75) is 18.4 Å². The van der Waals surface area contributed by atoms with Crippen molar-refractivity contribution in [2.75, 3.05) is 12.3 Å². The van der Waals surface area contributed by atoms with E-state index >= 15 is 0 Å². The maximum absolute atomic E-state index is 12.9. The molecule has 0 aliphatic carbocycles. The van der Waals surface area contributed by atoms with Crippen LogP contribution in [0.2, 0.25) is 0 Å². The summed E-state index contributed by atoms with van der Waals surface area (Å²) in [5, 5.41) is 2.04. The van der Waals surface area contributed by atoms with Crippen LogP contribution >= 0.6 is 23.1 Å². The zero-order valence-electron chi connectivity index (χ0n) is 14.9. The van der Waals surface area contributed by atoms with Crippen LogP contribution in [0.25, 0.3) is 0 Å². The molecule has 1 unspecified atom stereocenters. The summed E-state index contributed by atoms with van der Waals surface area (Å²) in [5.74, 6) is 1.99. The molecule has 2 aromatic carbocycles. The molecule has 0 saturated carbocycles. The molecule has 2 heterocycles. The highest BCUT2D eigenvalue weighted by Crippen LogP contribution is 2.42. The fraction of sp³-hybridized carbons (Fsp3) is 0.227. The second kappa shape index (κ2) is 8.63. The molecule has 1 aromatic heterocycles. The molecule has 1 aliphatic rings. The average Bonchev–Trinajstić information content (AvgIpc) is 3.39. The molecule has 5 heteroatoms. The lowest BCUT2D eigenvalue weighted by Crippen LogP contribution is -2.31. The van der Waals surface area contributed by atoms with Crippen LogP contribution in [0.4, 0.5) is 0 Å². The molecular weight excluding hydrogens is 374 g/mol. The number of rotatable bonds is 6. The lowest BCUT2D eigenvalue weighted by molar-refractivity contribution is -0.130. The van der Waals surface area contributed by atoms with E-state index in [-0.39, 0.29) is 11.3 Å². The normalized spacial score (nSPS) is 16.4. The summed E-state index contributed by atoms with van der Waals surface area (Å²) in [6.07, 6.45) is 0.474. The van der Waals surface area contributed by atoms with Crippen molar-refractivity contribution >= 4 is 29.0 Å². The Morgan fingerprint density at radius 2 is 1.85 bits per heavy atom. The van der Waals surface area contributed by atoms with Gasteiger partial charge in [0.05, 0.1) is 6.42 Å². The van der Waals surface area contributed by atoms with Gasteiger partial charge in [0.2, 0.25) is 5.91 Å². The number of hydrogen-bond donors (Lipinski definition) is 0. The summed E-state index contributed by atoms with van der Waals surface area (Å²) >= 11 is 3.45. The predicted octanol–water partition coefficient (Wildman–Crippen LogP) is 5.14. The third-order valence-electron chi connectivity index (χ3n) is 4.54. The van der Waals surface area contributed by atoms with Crippen molar-refractivity contribution < 1.29 is 9.53 Å². The number of amides is 1. The van der Waals surface area contributed by atoms with E-state index in [1.807, 2.05) is 70.6 Å². The maximum atomic E-state index is 12.9. The Balaban J connectivity index is 1.50. The van der Waals surface area contributed by atoms with E-state index in [0.717, 1.165) is 34.1 Å². The summed E-state index contributed by atoms with van der Waals surface area (Å²) in [5.41, 5.74) is 2.22. The summed E-state index contributed by atoms with van der Waals surface area (Å²) < 4.78 is 6.12. The Morgan fingerprint density at radius 3 is 2.67 bits per heavy atom. The van der Waals surface area contributed by atoms with Gasteiger partial charge in [-0.3, -0.25) is 4.79 Å². The van der Waals surface area contributed by atoms with Crippen molar-refractivity contribution in [2.24, 2.45) is 0 Å². The number of para-hydroxylation sites is 1. The standard InChI is InChI=1S/C22H21NO2S2/c24-21(15-18-9-6-13-26-18)23-12-14-27-22(23)19-10-4-5-11-20(19)25-16-17-7-2-1-3-8-17/h1-11,13,22H,12,14-16H2. The number of nitrogens with zero attached hydrogens (tertiary/aromatic N) is 1. The number of carbonyl (C=O) groups is 1. The molecule has 0 radical (unpaired) electrons. The molecule has 3 aromatic rings. The Hall–Kier alpha value is -2.24. The number of thiophene rings is 1. The Labute approximate surface area is 168 Å². The molecule has 1 amide bonds. The van der Waals surface area contributed by atoms with Gasteiger partial charge in [-0.25, -0.2) is 0 Å². The van der Waals surface area contributed by atoms with Crippen LogP contribution in [-0.4, -0.2) is 23.1 Å². The van der Waals surface area contributed by atoms with Crippen molar-refractivity contribution in [3.63, 3.8) is 0 Å². The van der Waals surface area contributed by atoms with Gasteiger partial charge in [0, 0.05) is 22.7 Å². The topological polar surface area (TPSA) is 29.5 Å². The van der Waals surface area contributed by atoms with Crippen LogP contribution in [0.5, 0.6) is 5.75 Å². The van der Waals surface area contributed by atoms with E-state index in [1.54, 1.807) is 11.3 Å². The molecule has 3 nitrogen and oxygen atoms in total. The van der Waals surface area contributed by atoms with Gasteiger partial charge in [-0.15, -0.1) is 23.1 Å². The minimum atomic E-state index is 0.0180. The lowest BCUT2D eigenvalue weighted by Gasteiger charge is -2.25. The van der Waals surface area contributed by atoms with Crippen LogP contribution in [0.1, 0.15) is 21.4 Å². The van der Waals surface area contributed by atoms with E-state index in [2.05, 4.69) is 18.2 Å². The molecule has 1 fully saturated rings. The van der Waals surface area contributed by atoms with Crippen LogP contribution < -0.4 is 4.74 Å². The number of ether oxygens (including phenoxy) is 1. The van der Waals surface area contributed by atoms with Gasteiger partial charge in [0.15, 0.2) is 0 Å². The smallest absolute Gasteiger partial charge is 0.229 e. The molecule has 1 saturated heterocycles. The first-order valence-electron chi connectivity index (χ1n) is 9.00. The molecule has 138 valence electrons. The van der Waals surface area contributed by atoms with Crippen LogP contribution in [0.15, 0.2) is 72.1 Å². The zero-order chi connectivity index (χ0) is 18.5. The van der Waals surface area contributed by atoms with Gasteiger partial charge in [0.25, 0.3) is 0 Å². The fourth-order valence-corrected chi connectivity index (χ4v) is 5.20. The van der Waals surface area contributed by atoms with E-state index in [4.69, 9.17) is 4.74 Å². The summed E-state index contributed by atoms with van der Waals surface area (Å²) in [7, 11) is 0. The van der Waals surface area contributed by atoms with Crippen molar-refractivity contribution in [1.29, 1.82) is 0 Å². The summed E-state index contributed by atoms with van der Waals surface area (Å²) in [6.45, 7) is 1.31. The fourth-order valence-electron chi connectivity index (χ4n) is 3.20. The van der Waals surface area contributed by atoms with Gasteiger partial charge < -0.3 is 9.64 Å². The highest BCUT2D eigenvalue weighted by atomic mass is 32.2. The molecule has 0 bridgehead atoms. The van der Waals surface area contributed by atoms with E-state index in [9.17, 15) is 4.79 Å². The van der Waals surface area contributed by atoms with E-state index in [0.29, 0.717) is 13.0 Å². The van der Waals surface area contributed by atoms with Crippen LogP contribution in [-0.2, 0) is 17.8 Å². The second-order valence-corrected chi connectivity index (χ2v) is 8.60. The quantitative estimate of drug-likeness (QED) is 0.578. The number of hydrogen-bond acceptors (Lipinski definition) is 4. The van der Waals surface area contributed by atoms with Crippen molar-refractivity contribution in [1.82, 2.24) is 4.90 Å². The average molecular weight is 396 g/mol. The highest BCUT2D eigenvalue weighted by Gasteiger charge is 2.32. The van der Waals surface area contributed by atoms with Gasteiger partial charge in [-0.1, -0.05) is 54.6 Å². The Kier molecular flexibility index (Phi) is 5.80. The first kappa shape index (κ1) is 18.1. The molecule has 1 atom stereocenters. The zero-order valence-corrected chi connectivity index (χ0v) is 16.5. The third-order valence-corrected chi connectivity index (χ3v) is 6.66. The van der Waals surface area contributed by atoms with Gasteiger partial charge in [-0.05, 0) is 23.1 Å². The molecule has 1 aliphatic heterocycles. The first-order chi connectivity index (χ1) is 13.3. The SMILES string of the molecule is O=C(Cc1cccs1)N1CCSC1c1ccccc1OCc1ccccc1. The summed E-state index contributed by atoms with van der Waals surface area (Å²) in [6, 6.07) is 22.3. The van der Waals surface area contributed by atoms with Crippen LogP contribution in [0.3, 0.4) is 0 Å². The van der Waals surface area contributed by atoms with Crippen molar-refractivity contribution in [3.05, 3.63) is 88.1 Å². The third kappa shape index (κ3) is 4.37. The number of thioether (sulfide) groups is 1. The van der Waals surface area contributed by atoms with Gasteiger partial charge in [-0.2, -0.15) is 0 Å². The van der Waals surface area contributed by atoms with E-state index in [1.165, 1.54) is 0 Å². The Bertz CT molecular complexity index is 880. The second-order valence-electron chi connectivity index (χ2n) is 6.38. The first-order valence-corrected chi connectivity index (χ1v) is 10.9. The lowest BCUT2D eigenvalue weighted by atomic mass is 10.1. The molecule has 27 heavy (non-hydrogen) atoms. The van der Waals surface area contributed by atoms with Crippen LogP contribution in [0, 0.1) is 0 Å². The number of carbonyl (C=O) groups excluding carboxylic acids is 1. The summed E-state index contributed by atoms with van der Waals surface area (Å²) in [4.78, 5) is 16.0. The monoisotopic (exact) mass is 395 g/mol. The predicted molar refractivity (Wildman–Crippen MR) is 112 cm³/mol. The molecule has 0 spiro atoms. The molecule has 0 N–H and O–H groups in total. The van der Waals surface area contributed by atoms with Gasteiger partial charge >= 0.3 is 0 Å². The van der Waals surface area contributed by atoms with Crippen molar-refractivity contribution in [3.8, 4) is 5.75 Å². The molecular formula is C22H21NO2S2. The largest absolute Gasteiger partial charge is 0.489 e. The molecule has 4 rings (SSSR count). The van der Waals surface area contributed by atoms with E-state index < -0.39 is 0 Å².